The monoisotopic (exact) mass is 433 g/mol. The molecule has 1 saturated carbocycles. The van der Waals surface area contributed by atoms with Crippen LogP contribution in [0.1, 0.15) is 29.9 Å². The van der Waals surface area contributed by atoms with Crippen molar-refractivity contribution in [1.29, 1.82) is 0 Å². The van der Waals surface area contributed by atoms with E-state index in [0.29, 0.717) is 58.4 Å². The van der Waals surface area contributed by atoms with Crippen molar-refractivity contribution in [1.82, 2.24) is 25.2 Å². The molecule has 4 heterocycles. The maximum atomic E-state index is 12.6. The summed E-state index contributed by atoms with van der Waals surface area (Å²) in [5.74, 6) is 2.79. The van der Waals surface area contributed by atoms with Gasteiger partial charge in [0.05, 0.1) is 10.0 Å². The summed E-state index contributed by atoms with van der Waals surface area (Å²) in [5.41, 5.74) is 0.755. The summed E-state index contributed by atoms with van der Waals surface area (Å²) in [6, 6.07) is 5.24. The maximum Gasteiger partial charge on any atom is 0.236 e. The molecule has 2 atom stereocenters. The minimum Gasteiger partial charge on any atom is -0.342 e. The quantitative estimate of drug-likeness (QED) is 0.620. The third-order valence-electron chi connectivity index (χ3n) is 5.66. The molecular formula is C19H17Cl2N5O3. The molecule has 1 aromatic carbocycles. The van der Waals surface area contributed by atoms with Gasteiger partial charge in [-0.25, -0.2) is 0 Å². The maximum absolute atomic E-state index is 12.6. The van der Waals surface area contributed by atoms with Gasteiger partial charge in [0.25, 0.3) is 0 Å². The molecule has 3 fully saturated rings. The van der Waals surface area contributed by atoms with Crippen LogP contribution < -0.4 is 0 Å². The van der Waals surface area contributed by atoms with Gasteiger partial charge >= 0.3 is 0 Å². The fourth-order valence-corrected chi connectivity index (χ4v) is 4.57. The first-order valence-corrected chi connectivity index (χ1v) is 10.1. The van der Waals surface area contributed by atoms with Gasteiger partial charge in [-0.05, 0) is 43.4 Å². The van der Waals surface area contributed by atoms with Gasteiger partial charge in [0.2, 0.25) is 23.5 Å². The van der Waals surface area contributed by atoms with Crippen LogP contribution in [-0.2, 0) is 11.2 Å². The molecule has 3 aliphatic rings. The number of rotatable bonds is 4. The zero-order valence-electron chi connectivity index (χ0n) is 15.5. The highest BCUT2D eigenvalue weighted by atomic mass is 35.5. The Bertz CT molecular complexity index is 1070. The first-order valence-electron chi connectivity index (χ1n) is 9.34. The van der Waals surface area contributed by atoms with Gasteiger partial charge in [0, 0.05) is 24.6 Å². The molecule has 2 bridgehead atoms. The van der Waals surface area contributed by atoms with Crippen molar-refractivity contribution in [2.75, 3.05) is 13.1 Å². The van der Waals surface area contributed by atoms with Gasteiger partial charge in [0.15, 0.2) is 5.82 Å². The van der Waals surface area contributed by atoms with Crippen LogP contribution >= 0.6 is 23.2 Å². The largest absolute Gasteiger partial charge is 0.342 e. The summed E-state index contributed by atoms with van der Waals surface area (Å²) in [4.78, 5) is 23.1. The van der Waals surface area contributed by atoms with Crippen LogP contribution in [0, 0.1) is 18.8 Å². The summed E-state index contributed by atoms with van der Waals surface area (Å²) >= 11 is 12.1. The normalized spacial score (nSPS) is 23.1. The molecule has 2 aromatic heterocycles. The zero-order chi connectivity index (χ0) is 20.1. The van der Waals surface area contributed by atoms with Crippen molar-refractivity contribution in [2.45, 2.75) is 25.7 Å². The van der Waals surface area contributed by atoms with Crippen LogP contribution in [0.15, 0.2) is 27.2 Å². The lowest BCUT2D eigenvalue weighted by Crippen LogP contribution is -2.55. The lowest BCUT2D eigenvalue weighted by atomic mass is 9.61. The molecule has 3 aromatic rings. The number of carbonyl (C=O) groups excluding carboxylic acids is 1. The molecular weight excluding hydrogens is 417 g/mol. The van der Waals surface area contributed by atoms with Crippen LogP contribution in [0.5, 0.6) is 0 Å². The van der Waals surface area contributed by atoms with Crippen molar-refractivity contribution in [2.24, 2.45) is 11.8 Å². The second-order valence-corrected chi connectivity index (χ2v) is 8.39. The van der Waals surface area contributed by atoms with Crippen LogP contribution in [0.3, 0.4) is 0 Å². The van der Waals surface area contributed by atoms with Gasteiger partial charge in [-0.1, -0.05) is 33.5 Å². The van der Waals surface area contributed by atoms with E-state index in [-0.39, 0.29) is 18.2 Å². The molecule has 2 saturated heterocycles. The average molecular weight is 434 g/mol. The molecule has 6 rings (SSSR count). The highest BCUT2D eigenvalue weighted by Crippen LogP contribution is 2.51. The number of aromatic nitrogens is 4. The predicted octanol–water partition coefficient (Wildman–Crippen LogP) is 3.54. The lowest BCUT2D eigenvalue weighted by Gasteiger charge is -2.51. The van der Waals surface area contributed by atoms with E-state index < -0.39 is 0 Å². The fourth-order valence-electron chi connectivity index (χ4n) is 4.27. The number of hydrogen-bond donors (Lipinski definition) is 0. The molecule has 0 spiro atoms. The molecule has 0 N–H and O–H groups in total. The molecule has 8 nitrogen and oxygen atoms in total. The van der Waals surface area contributed by atoms with E-state index >= 15 is 0 Å². The number of amides is 1. The van der Waals surface area contributed by atoms with Crippen molar-refractivity contribution >= 4 is 29.1 Å². The summed E-state index contributed by atoms with van der Waals surface area (Å²) in [7, 11) is 0. The minimum absolute atomic E-state index is 0.00354. The first-order chi connectivity index (χ1) is 14.0. The zero-order valence-corrected chi connectivity index (χ0v) is 17.0. The number of hydrogen-bond acceptors (Lipinski definition) is 7. The number of piperidine rings is 2. The Morgan fingerprint density at radius 1 is 1.14 bits per heavy atom. The highest BCUT2D eigenvalue weighted by Gasteiger charge is 2.51. The third-order valence-corrected chi connectivity index (χ3v) is 6.40. The number of benzene rings is 1. The van der Waals surface area contributed by atoms with Crippen LogP contribution in [0.4, 0.5) is 0 Å². The van der Waals surface area contributed by atoms with Gasteiger partial charge in [-0.3, -0.25) is 4.79 Å². The van der Waals surface area contributed by atoms with E-state index in [1.165, 1.54) is 0 Å². The van der Waals surface area contributed by atoms with Crippen molar-refractivity contribution < 1.29 is 13.8 Å². The Hall–Kier alpha value is -2.45. The van der Waals surface area contributed by atoms with E-state index in [4.69, 9.17) is 32.2 Å². The lowest BCUT2D eigenvalue weighted by molar-refractivity contribution is -0.139. The smallest absolute Gasteiger partial charge is 0.236 e. The van der Waals surface area contributed by atoms with Crippen molar-refractivity contribution in [3.05, 3.63) is 45.9 Å². The van der Waals surface area contributed by atoms with Crippen molar-refractivity contribution in [3.8, 4) is 11.4 Å². The van der Waals surface area contributed by atoms with Gasteiger partial charge in [-0.15, -0.1) is 0 Å². The van der Waals surface area contributed by atoms with Gasteiger partial charge in [0.1, 0.15) is 6.42 Å². The van der Waals surface area contributed by atoms with E-state index in [0.717, 1.165) is 12.0 Å². The number of aryl methyl sites for hydroxylation is 1. The van der Waals surface area contributed by atoms with Crippen molar-refractivity contribution in [3.63, 3.8) is 0 Å². The van der Waals surface area contributed by atoms with Crippen LogP contribution in [-0.4, -0.2) is 44.2 Å². The molecule has 29 heavy (non-hydrogen) atoms. The summed E-state index contributed by atoms with van der Waals surface area (Å²) in [5, 5.41) is 8.76. The number of carbonyl (C=O) groups is 1. The van der Waals surface area contributed by atoms with E-state index in [1.807, 2.05) is 11.0 Å². The summed E-state index contributed by atoms with van der Waals surface area (Å²) < 4.78 is 10.6. The SMILES string of the molecule is Cc1noc(CC(=O)N2CC3CC(C2)C3c2nc(-c3ccc(Cl)c(Cl)c3)no2)n1. The molecule has 10 heteroatoms. The topological polar surface area (TPSA) is 98.2 Å². The second-order valence-electron chi connectivity index (χ2n) is 7.58. The number of fused-ring (bicyclic) bond motifs is 2. The Morgan fingerprint density at radius 2 is 1.93 bits per heavy atom. The number of nitrogens with zero attached hydrogens (tertiary/aromatic N) is 5. The molecule has 2 unspecified atom stereocenters. The Kier molecular flexibility index (Phi) is 4.55. The predicted molar refractivity (Wildman–Crippen MR) is 103 cm³/mol. The second kappa shape index (κ2) is 7.11. The molecule has 150 valence electrons. The Morgan fingerprint density at radius 3 is 2.62 bits per heavy atom. The Labute approximate surface area is 176 Å². The van der Waals surface area contributed by atoms with E-state index in [2.05, 4.69) is 20.3 Å². The summed E-state index contributed by atoms with van der Waals surface area (Å²) in [6.45, 7) is 3.06. The van der Waals surface area contributed by atoms with Gasteiger partial charge in [-0.2, -0.15) is 9.97 Å². The molecule has 1 aliphatic carbocycles. The minimum atomic E-state index is 0.00354. The molecule has 0 radical (unpaired) electrons. The van der Waals surface area contributed by atoms with Crippen LogP contribution in [0.25, 0.3) is 11.4 Å². The average Bonchev–Trinajstić information content (AvgIpc) is 3.33. The van der Waals surface area contributed by atoms with E-state index in [1.54, 1.807) is 19.1 Å². The number of halogens is 2. The highest BCUT2D eigenvalue weighted by molar-refractivity contribution is 6.42. The molecule has 2 aliphatic heterocycles. The van der Waals surface area contributed by atoms with Gasteiger partial charge < -0.3 is 13.9 Å². The first kappa shape index (κ1) is 18.6. The van der Waals surface area contributed by atoms with Crippen LogP contribution in [0.2, 0.25) is 10.0 Å². The summed E-state index contributed by atoms with van der Waals surface area (Å²) in [6.07, 6.45) is 1.19. The standard InChI is InChI=1S/C19H17Cl2N5O3/c1-9-22-15(28-24-9)6-16(27)26-7-11-4-12(8-26)17(11)19-23-18(25-29-19)10-2-3-13(20)14(21)5-10/h2-3,5,11-12,17H,4,6-8H2,1H3. The Balaban J connectivity index is 1.26. The fraction of sp³-hybridized carbons (Fsp3) is 0.421. The van der Waals surface area contributed by atoms with E-state index in [9.17, 15) is 4.79 Å². The molecule has 1 amide bonds. The third kappa shape index (κ3) is 3.40.